The molecule has 35 heavy (non-hydrogen) atoms. The van der Waals surface area contributed by atoms with Gasteiger partial charge in [0.25, 0.3) is 15.6 Å². The van der Waals surface area contributed by atoms with Crippen LogP contribution in [0.25, 0.3) is 22.0 Å². The van der Waals surface area contributed by atoms with Crippen molar-refractivity contribution in [3.8, 4) is 22.6 Å². The summed E-state index contributed by atoms with van der Waals surface area (Å²) < 4.78 is 48.5. The number of aromatic nitrogens is 3. The highest BCUT2D eigenvalue weighted by atomic mass is 32.2. The van der Waals surface area contributed by atoms with Crippen LogP contribution in [-0.4, -0.2) is 21.9 Å². The third-order valence-corrected chi connectivity index (χ3v) is 7.37. The fourth-order valence-corrected chi connectivity index (χ4v) is 5.22. The highest BCUT2D eigenvalue weighted by Gasteiger charge is 2.24. The average Bonchev–Trinajstić information content (AvgIpc) is 3.30. The van der Waals surface area contributed by atoms with Gasteiger partial charge in [-0.1, -0.05) is 17.7 Å². The normalized spacial score (nSPS) is 11.6. The van der Waals surface area contributed by atoms with E-state index in [9.17, 15) is 17.6 Å². The van der Waals surface area contributed by atoms with E-state index in [0.29, 0.717) is 28.0 Å². The van der Waals surface area contributed by atoms with E-state index in [4.69, 9.17) is 4.74 Å². The van der Waals surface area contributed by atoms with Crippen LogP contribution in [-0.2, 0) is 17.1 Å². The Morgan fingerprint density at radius 3 is 2.37 bits per heavy atom. The number of hydrogen-bond acceptors (Lipinski definition) is 5. The van der Waals surface area contributed by atoms with Crippen LogP contribution in [0.1, 0.15) is 5.56 Å². The van der Waals surface area contributed by atoms with E-state index >= 15 is 0 Å². The Hall–Kier alpha value is -4.24. The lowest BCUT2D eigenvalue weighted by Crippen LogP contribution is -2.22. The van der Waals surface area contributed by atoms with Gasteiger partial charge in [-0.05, 0) is 55.5 Å². The molecule has 7 nitrogen and oxygen atoms in total. The zero-order chi connectivity index (χ0) is 24.7. The Kier molecular flexibility index (Phi) is 5.49. The van der Waals surface area contributed by atoms with Gasteiger partial charge in [-0.3, -0.25) is 9.78 Å². The Balaban J connectivity index is 1.70. The summed E-state index contributed by atoms with van der Waals surface area (Å²) in [7, 11) is -2.47. The van der Waals surface area contributed by atoms with Crippen molar-refractivity contribution in [2.24, 2.45) is 7.05 Å². The van der Waals surface area contributed by atoms with Gasteiger partial charge in [-0.15, -0.1) is 0 Å². The Morgan fingerprint density at radius 2 is 1.66 bits per heavy atom. The molecular formula is C26H20FN3O4S. The first-order valence-corrected chi connectivity index (χ1v) is 12.1. The lowest BCUT2D eigenvalue weighted by atomic mass is 10.1. The van der Waals surface area contributed by atoms with E-state index in [0.717, 1.165) is 9.54 Å². The molecule has 0 spiro atoms. The van der Waals surface area contributed by atoms with E-state index in [-0.39, 0.29) is 16.2 Å². The first-order valence-electron chi connectivity index (χ1n) is 10.7. The molecule has 0 N–H and O–H groups in total. The summed E-state index contributed by atoms with van der Waals surface area (Å²) in [6.07, 6.45) is 6.11. The van der Waals surface area contributed by atoms with Gasteiger partial charge in [0.1, 0.15) is 22.8 Å². The molecule has 0 amide bonds. The van der Waals surface area contributed by atoms with Crippen molar-refractivity contribution in [1.29, 1.82) is 0 Å². The van der Waals surface area contributed by atoms with Gasteiger partial charge in [-0.2, -0.15) is 0 Å². The number of fused-ring (bicyclic) bond motifs is 1. The summed E-state index contributed by atoms with van der Waals surface area (Å²) in [5, 5.41) is 0.431. The Morgan fingerprint density at radius 1 is 0.943 bits per heavy atom. The van der Waals surface area contributed by atoms with Crippen molar-refractivity contribution in [2.75, 3.05) is 0 Å². The number of halogens is 1. The summed E-state index contributed by atoms with van der Waals surface area (Å²) in [5.74, 6) is 0.448. The summed E-state index contributed by atoms with van der Waals surface area (Å²) in [6.45, 7) is 1.86. The maximum atomic E-state index is 13.4. The standard InChI is InChI=1S/C26H20FN3O4S/c1-17-3-9-20(10-4-17)35(32,33)30-14-12-21-23(16-29(2)26(31)25(21)30)22-15-28-13-11-24(22)34-19-7-5-18(27)6-8-19/h3-16H,1-2H3. The molecule has 0 saturated heterocycles. The lowest BCUT2D eigenvalue weighted by molar-refractivity contribution is 0.481. The number of ether oxygens (including phenoxy) is 1. The predicted octanol–water partition coefficient (Wildman–Crippen LogP) is 4.88. The molecule has 3 aromatic heterocycles. The molecule has 5 aromatic rings. The van der Waals surface area contributed by atoms with Crippen molar-refractivity contribution in [3.05, 3.63) is 107 Å². The fraction of sp³-hybridized carbons (Fsp3) is 0.0769. The monoisotopic (exact) mass is 489 g/mol. The number of hydrogen-bond donors (Lipinski definition) is 0. The third-order valence-electron chi connectivity index (χ3n) is 5.68. The Bertz CT molecular complexity index is 1720. The molecule has 176 valence electrons. The van der Waals surface area contributed by atoms with Crippen molar-refractivity contribution < 1.29 is 17.5 Å². The molecule has 2 aromatic carbocycles. The molecule has 9 heteroatoms. The van der Waals surface area contributed by atoms with Gasteiger partial charge < -0.3 is 9.30 Å². The number of benzene rings is 2. The number of pyridine rings is 2. The first-order chi connectivity index (χ1) is 16.8. The highest BCUT2D eigenvalue weighted by molar-refractivity contribution is 7.90. The van der Waals surface area contributed by atoms with Gasteiger partial charge in [0.05, 0.1) is 4.90 Å². The van der Waals surface area contributed by atoms with Gasteiger partial charge in [0, 0.05) is 48.3 Å². The molecule has 0 bridgehead atoms. The highest BCUT2D eigenvalue weighted by Crippen LogP contribution is 2.36. The summed E-state index contributed by atoms with van der Waals surface area (Å²) >= 11 is 0. The minimum absolute atomic E-state index is 0.0159. The van der Waals surface area contributed by atoms with Crippen LogP contribution in [0.15, 0.2) is 95.1 Å². The molecule has 0 unspecified atom stereocenters. The maximum Gasteiger partial charge on any atom is 0.275 e. The molecular weight excluding hydrogens is 469 g/mol. The summed E-state index contributed by atoms with van der Waals surface area (Å²) in [4.78, 5) is 17.4. The van der Waals surface area contributed by atoms with Gasteiger partial charge in [0.2, 0.25) is 0 Å². The van der Waals surface area contributed by atoms with Crippen LogP contribution in [0.5, 0.6) is 11.5 Å². The van der Waals surface area contributed by atoms with Crippen LogP contribution >= 0.6 is 0 Å². The van der Waals surface area contributed by atoms with Gasteiger partial charge in [0.15, 0.2) is 0 Å². The SMILES string of the molecule is Cc1ccc(S(=O)(=O)n2ccc3c(-c4cnccc4Oc4ccc(F)cc4)cn(C)c(=O)c32)cc1. The topological polar surface area (TPSA) is 83.2 Å². The van der Waals surface area contributed by atoms with Crippen LogP contribution < -0.4 is 10.3 Å². The van der Waals surface area contributed by atoms with Crippen LogP contribution in [0.4, 0.5) is 4.39 Å². The van der Waals surface area contributed by atoms with Crippen LogP contribution in [0.2, 0.25) is 0 Å². The molecule has 0 fully saturated rings. The molecule has 0 radical (unpaired) electrons. The van der Waals surface area contributed by atoms with E-state index in [1.54, 1.807) is 49.9 Å². The molecule has 0 saturated carbocycles. The maximum absolute atomic E-state index is 13.4. The largest absolute Gasteiger partial charge is 0.457 e. The third kappa shape index (κ3) is 4.00. The van der Waals surface area contributed by atoms with Crippen LogP contribution in [0, 0.1) is 12.7 Å². The van der Waals surface area contributed by atoms with Crippen molar-refractivity contribution >= 4 is 20.9 Å². The predicted molar refractivity (Wildman–Crippen MR) is 131 cm³/mol. The molecule has 0 aliphatic rings. The van der Waals surface area contributed by atoms with Crippen molar-refractivity contribution in [1.82, 2.24) is 13.5 Å². The van der Waals surface area contributed by atoms with E-state index in [1.807, 2.05) is 6.92 Å². The van der Waals surface area contributed by atoms with Gasteiger partial charge >= 0.3 is 0 Å². The fourth-order valence-electron chi connectivity index (χ4n) is 3.87. The molecule has 0 atom stereocenters. The second-order valence-corrected chi connectivity index (χ2v) is 9.89. The zero-order valence-corrected chi connectivity index (χ0v) is 19.7. The minimum Gasteiger partial charge on any atom is -0.457 e. The number of nitrogens with zero attached hydrogens (tertiary/aromatic N) is 3. The smallest absolute Gasteiger partial charge is 0.275 e. The summed E-state index contributed by atoms with van der Waals surface area (Å²) in [6, 6.07) is 15.3. The van der Waals surface area contributed by atoms with Crippen LogP contribution in [0.3, 0.4) is 0 Å². The van der Waals surface area contributed by atoms with Crippen molar-refractivity contribution in [3.63, 3.8) is 0 Å². The number of aryl methyl sites for hydroxylation is 2. The quantitative estimate of drug-likeness (QED) is 0.351. The summed E-state index contributed by atoms with van der Waals surface area (Å²) in [5.41, 5.74) is 1.58. The molecule has 0 aliphatic heterocycles. The van der Waals surface area contributed by atoms with E-state index in [1.165, 1.54) is 47.2 Å². The molecule has 5 rings (SSSR count). The van der Waals surface area contributed by atoms with E-state index < -0.39 is 15.6 Å². The Labute approximate surface area is 200 Å². The first kappa shape index (κ1) is 22.5. The molecule has 0 aliphatic carbocycles. The van der Waals surface area contributed by atoms with Gasteiger partial charge in [-0.25, -0.2) is 16.8 Å². The lowest BCUT2D eigenvalue weighted by Gasteiger charge is -2.14. The average molecular weight is 490 g/mol. The second kappa shape index (κ2) is 8.52. The molecule has 3 heterocycles. The second-order valence-electron chi connectivity index (χ2n) is 8.08. The zero-order valence-electron chi connectivity index (χ0n) is 18.8. The number of rotatable bonds is 5. The van der Waals surface area contributed by atoms with E-state index in [2.05, 4.69) is 4.98 Å². The van der Waals surface area contributed by atoms with Crippen molar-refractivity contribution in [2.45, 2.75) is 11.8 Å². The minimum atomic E-state index is -4.02.